The van der Waals surface area contributed by atoms with Gasteiger partial charge in [0.25, 0.3) is 11.6 Å². The van der Waals surface area contributed by atoms with Crippen LogP contribution >= 0.6 is 68.0 Å². The number of ketones is 4. The summed E-state index contributed by atoms with van der Waals surface area (Å²) >= 11 is 8.02. The van der Waals surface area contributed by atoms with Gasteiger partial charge in [0, 0.05) is 59.5 Å². The molecule has 14 heteroatoms. The Morgan fingerprint density at radius 3 is 1.02 bits per heavy atom. The number of hydrogen-bond donors (Lipinski definition) is 0. The van der Waals surface area contributed by atoms with Crippen LogP contribution in [0.15, 0.2) is 36.4 Å². The highest BCUT2D eigenvalue weighted by molar-refractivity contribution is 7.34. The summed E-state index contributed by atoms with van der Waals surface area (Å²) in [7, 11) is 0. The highest BCUT2D eigenvalue weighted by atomic mass is 32.1. The van der Waals surface area contributed by atoms with E-state index >= 15 is 0 Å². The molecule has 0 fully saturated rings. The van der Waals surface area contributed by atoms with Crippen LogP contribution in [0.4, 0.5) is 17.6 Å². The van der Waals surface area contributed by atoms with Crippen molar-refractivity contribution < 1.29 is 36.7 Å². The fourth-order valence-corrected chi connectivity index (χ4v) is 12.9. The summed E-state index contributed by atoms with van der Waals surface area (Å²) in [6, 6.07) is 11.8. The standard InChI is InChI=1S/C30H12F4O4S6.4C2H6/c1-9-19-23(27(37)29(31,32)25(19)35)43-21(9)13-5-3-11(39-13)15-7-17-18(41-15)8-16(42-17)12-4-6-14(40-12)22-10(2)20-24(44-22)28(38)30(33,34)26(20)36;4*1-2/h3-8H,1-2H3;4*1-2H3. The SMILES string of the molecule is CC.CC.CC.CC.Cc1c(-c2ccc(-c3cc4sc(-c5ccc(-c6sc7c(c6C)C(=O)C(F)(F)C7=O)s5)cc4s3)s2)sc2c1C(=O)C(F)(F)C2=O. The zero-order chi connectivity index (χ0) is 39.0. The average molecular weight is 825 g/mol. The van der Waals surface area contributed by atoms with E-state index in [1.165, 1.54) is 22.7 Å². The number of carbonyl (C=O) groups is 4. The number of carbonyl (C=O) groups excluding carboxylic acids is 4. The lowest BCUT2D eigenvalue weighted by molar-refractivity contribution is 0.0187. The zero-order valence-electron chi connectivity index (χ0n) is 30.1. The first-order valence-corrected chi connectivity index (χ1v) is 21.6. The molecular formula is C38H36F4O4S6. The van der Waals surface area contributed by atoms with Gasteiger partial charge in [-0.15, -0.1) is 68.0 Å². The fourth-order valence-electron chi connectivity index (χ4n) is 5.43. The third-order valence-corrected chi connectivity index (χ3v) is 15.4. The van der Waals surface area contributed by atoms with E-state index in [1.54, 1.807) is 36.5 Å². The highest BCUT2D eigenvalue weighted by Gasteiger charge is 2.58. The summed E-state index contributed by atoms with van der Waals surface area (Å²) in [4.78, 5) is 55.1. The van der Waals surface area contributed by atoms with Crippen molar-refractivity contribution in [1.82, 2.24) is 0 Å². The third-order valence-electron chi connectivity index (χ3n) is 7.65. The third kappa shape index (κ3) is 6.53. The Bertz CT molecular complexity index is 2120. The van der Waals surface area contributed by atoms with Crippen LogP contribution in [0.5, 0.6) is 0 Å². The predicted molar refractivity (Wildman–Crippen MR) is 215 cm³/mol. The van der Waals surface area contributed by atoms with Gasteiger partial charge in [-0.05, 0) is 61.4 Å². The zero-order valence-corrected chi connectivity index (χ0v) is 35.0. The van der Waals surface area contributed by atoms with E-state index in [9.17, 15) is 36.7 Å². The maximum atomic E-state index is 13.9. The maximum Gasteiger partial charge on any atom is 0.372 e. The lowest BCUT2D eigenvalue weighted by Gasteiger charge is -2.05. The second kappa shape index (κ2) is 16.1. The summed E-state index contributed by atoms with van der Waals surface area (Å²) in [5.74, 6) is -13.7. The minimum atomic E-state index is -3.98. The molecule has 0 aromatic carbocycles. The van der Waals surface area contributed by atoms with Crippen molar-refractivity contribution in [2.24, 2.45) is 0 Å². The Kier molecular flexibility index (Phi) is 12.9. The molecule has 6 aromatic heterocycles. The lowest BCUT2D eigenvalue weighted by atomic mass is 10.1. The fraction of sp³-hybridized carbons (Fsp3) is 0.316. The van der Waals surface area contributed by atoms with Gasteiger partial charge in [0.1, 0.15) is 0 Å². The van der Waals surface area contributed by atoms with Crippen molar-refractivity contribution in [2.45, 2.75) is 81.1 Å². The first kappa shape index (κ1) is 41.6. The number of thiophene rings is 6. The molecule has 0 bridgehead atoms. The molecule has 0 aliphatic heterocycles. The van der Waals surface area contributed by atoms with E-state index in [0.717, 1.165) is 61.3 Å². The Morgan fingerprint density at radius 2 is 0.712 bits per heavy atom. The van der Waals surface area contributed by atoms with E-state index in [2.05, 4.69) is 12.1 Å². The smallest absolute Gasteiger partial charge is 0.287 e. The summed E-state index contributed by atoms with van der Waals surface area (Å²) < 4.78 is 57.9. The molecule has 4 nitrogen and oxygen atoms in total. The molecule has 2 aliphatic rings. The topological polar surface area (TPSA) is 68.3 Å². The normalized spacial score (nSPS) is 14.8. The van der Waals surface area contributed by atoms with Crippen molar-refractivity contribution in [3.63, 3.8) is 0 Å². The van der Waals surface area contributed by atoms with Crippen molar-refractivity contribution in [2.75, 3.05) is 0 Å². The predicted octanol–water partition coefficient (Wildman–Crippen LogP) is 14.6. The molecule has 52 heavy (non-hydrogen) atoms. The molecule has 0 radical (unpaired) electrons. The Balaban J connectivity index is 0.000000710. The number of hydrogen-bond acceptors (Lipinski definition) is 10. The van der Waals surface area contributed by atoms with Crippen molar-refractivity contribution in [3.8, 4) is 39.0 Å². The molecule has 0 atom stereocenters. The molecule has 8 rings (SSSR count). The van der Waals surface area contributed by atoms with Crippen LogP contribution in [0.2, 0.25) is 0 Å². The van der Waals surface area contributed by atoms with Gasteiger partial charge in [0.2, 0.25) is 11.6 Å². The van der Waals surface area contributed by atoms with Crippen molar-refractivity contribution >= 4 is 101 Å². The van der Waals surface area contributed by atoms with Crippen LogP contribution in [-0.2, 0) is 0 Å². The van der Waals surface area contributed by atoms with E-state index in [4.69, 9.17) is 0 Å². The minimum Gasteiger partial charge on any atom is -0.287 e. The molecule has 0 N–H and O–H groups in total. The lowest BCUT2D eigenvalue weighted by Crippen LogP contribution is -2.30. The van der Waals surface area contributed by atoms with Crippen LogP contribution < -0.4 is 0 Å². The maximum absolute atomic E-state index is 13.9. The highest BCUT2D eigenvalue weighted by Crippen LogP contribution is 2.51. The summed E-state index contributed by atoms with van der Waals surface area (Å²) in [5, 5.41) is 0. The Labute approximate surface area is 323 Å². The molecule has 6 aromatic rings. The molecule has 0 amide bonds. The summed E-state index contributed by atoms with van der Waals surface area (Å²) in [5.41, 5.74) is 0.467. The molecule has 276 valence electrons. The van der Waals surface area contributed by atoms with E-state index < -0.39 is 35.0 Å². The number of Topliss-reactive ketones (excluding diaryl/α,β-unsaturated/α-hetero) is 4. The van der Waals surface area contributed by atoms with Crippen LogP contribution in [0.25, 0.3) is 48.4 Å². The summed E-state index contributed by atoms with van der Waals surface area (Å²) in [6.45, 7) is 19.2. The van der Waals surface area contributed by atoms with Crippen LogP contribution in [0.3, 0.4) is 0 Å². The Hall–Kier alpha value is -3.14. The second-order valence-corrected chi connectivity index (χ2v) is 16.6. The number of halogens is 4. The Morgan fingerprint density at radius 1 is 0.404 bits per heavy atom. The first-order chi connectivity index (χ1) is 24.8. The van der Waals surface area contributed by atoms with Crippen LogP contribution in [0, 0.1) is 13.8 Å². The molecule has 0 saturated heterocycles. The first-order valence-electron chi connectivity index (χ1n) is 16.7. The van der Waals surface area contributed by atoms with E-state index in [1.807, 2.05) is 79.7 Å². The second-order valence-electron chi connectivity index (χ2n) is 10.3. The van der Waals surface area contributed by atoms with Crippen molar-refractivity contribution in [1.29, 1.82) is 0 Å². The van der Waals surface area contributed by atoms with Crippen LogP contribution in [-0.4, -0.2) is 35.0 Å². The van der Waals surface area contributed by atoms with Gasteiger partial charge >= 0.3 is 11.8 Å². The molecule has 2 aliphatic carbocycles. The van der Waals surface area contributed by atoms with Gasteiger partial charge in [-0.25, -0.2) is 0 Å². The van der Waals surface area contributed by atoms with E-state index in [-0.39, 0.29) is 20.9 Å². The monoisotopic (exact) mass is 824 g/mol. The summed E-state index contributed by atoms with van der Waals surface area (Å²) in [6.07, 6.45) is 0. The minimum absolute atomic E-state index is 0.169. The van der Waals surface area contributed by atoms with Crippen LogP contribution in [0.1, 0.15) is 107 Å². The molecule has 0 saturated carbocycles. The average Bonchev–Trinajstić information content (AvgIpc) is 4.02. The van der Waals surface area contributed by atoms with Gasteiger partial charge < -0.3 is 0 Å². The largest absolute Gasteiger partial charge is 0.372 e. The number of rotatable bonds is 4. The van der Waals surface area contributed by atoms with Gasteiger partial charge in [-0.2, -0.15) is 17.6 Å². The number of fused-ring (bicyclic) bond motifs is 3. The van der Waals surface area contributed by atoms with Crippen molar-refractivity contribution in [3.05, 3.63) is 68.4 Å². The molecule has 0 unspecified atom stereocenters. The van der Waals surface area contributed by atoms with Gasteiger partial charge in [-0.3, -0.25) is 19.2 Å². The molecule has 0 spiro atoms. The quantitative estimate of drug-likeness (QED) is 0.131. The van der Waals surface area contributed by atoms with E-state index in [0.29, 0.717) is 20.9 Å². The molecular weight excluding hydrogens is 789 g/mol. The number of alkyl halides is 4. The van der Waals surface area contributed by atoms with Gasteiger partial charge in [0.05, 0.1) is 9.75 Å². The van der Waals surface area contributed by atoms with Gasteiger partial charge in [-0.1, -0.05) is 55.4 Å². The molecule has 6 heterocycles. The van der Waals surface area contributed by atoms with Gasteiger partial charge in [0.15, 0.2) is 0 Å².